The Morgan fingerprint density at radius 1 is 0.788 bits per heavy atom. The van der Waals surface area contributed by atoms with E-state index in [4.69, 9.17) is 4.74 Å². The highest BCUT2D eigenvalue weighted by Crippen LogP contribution is 2.26. The van der Waals surface area contributed by atoms with Crippen molar-refractivity contribution in [3.8, 4) is 11.5 Å². The van der Waals surface area contributed by atoms with Crippen molar-refractivity contribution < 1.29 is 24.2 Å². The van der Waals surface area contributed by atoms with Crippen LogP contribution in [0, 0.1) is 0 Å². The third-order valence-electron chi connectivity index (χ3n) is 5.67. The Hall–Kier alpha value is -3.93. The predicted octanol–water partition coefficient (Wildman–Crippen LogP) is 4.86. The van der Waals surface area contributed by atoms with Crippen LogP contribution in [0.25, 0.3) is 0 Å². The first-order valence-corrected chi connectivity index (χ1v) is 11.1. The predicted molar refractivity (Wildman–Crippen MR) is 124 cm³/mol. The molecular weight excluding hydrogens is 418 g/mol. The Kier molecular flexibility index (Phi) is 6.83. The topological polar surface area (TPSA) is 83.9 Å². The number of carbonyl (C=O) groups is 3. The summed E-state index contributed by atoms with van der Waals surface area (Å²) in [6.07, 6.45) is 3.29. The normalized spacial score (nSPS) is 12.7. The summed E-state index contributed by atoms with van der Waals surface area (Å²) in [7, 11) is 0. The van der Waals surface area contributed by atoms with Crippen molar-refractivity contribution in [3.63, 3.8) is 0 Å². The van der Waals surface area contributed by atoms with Gasteiger partial charge < -0.3 is 9.84 Å². The molecule has 4 rings (SSSR count). The standard InChI is InChI=1S/C27H25NO5/c29-24-18-20(14-15-23(24)25(30)19-10-4-3-5-11-19)33-17-9-2-1-8-16-28-26(31)21-12-6-7-13-22(21)27(28)32/h3-7,10-15,18,29H,1-2,8-9,16-17H2. The fourth-order valence-corrected chi connectivity index (χ4v) is 3.90. The van der Waals surface area contributed by atoms with Crippen LogP contribution in [0.4, 0.5) is 0 Å². The zero-order valence-corrected chi connectivity index (χ0v) is 18.2. The first-order valence-electron chi connectivity index (χ1n) is 11.1. The van der Waals surface area contributed by atoms with E-state index in [1.165, 1.54) is 11.0 Å². The highest BCUT2D eigenvalue weighted by Gasteiger charge is 2.34. The van der Waals surface area contributed by atoms with E-state index >= 15 is 0 Å². The van der Waals surface area contributed by atoms with Crippen molar-refractivity contribution in [2.45, 2.75) is 25.7 Å². The molecule has 0 atom stereocenters. The number of carbonyl (C=O) groups excluding carboxylic acids is 3. The maximum absolute atomic E-state index is 12.5. The maximum Gasteiger partial charge on any atom is 0.261 e. The molecule has 1 aliphatic rings. The van der Waals surface area contributed by atoms with Gasteiger partial charge in [0.25, 0.3) is 11.8 Å². The number of benzene rings is 3. The van der Waals surface area contributed by atoms with E-state index < -0.39 is 0 Å². The molecule has 0 unspecified atom stereocenters. The summed E-state index contributed by atoms with van der Waals surface area (Å²) in [4.78, 5) is 38.5. The molecule has 3 aromatic carbocycles. The van der Waals surface area contributed by atoms with Crippen molar-refractivity contribution in [2.24, 2.45) is 0 Å². The zero-order valence-electron chi connectivity index (χ0n) is 18.2. The van der Waals surface area contributed by atoms with Crippen LogP contribution in [0.2, 0.25) is 0 Å². The highest BCUT2D eigenvalue weighted by atomic mass is 16.5. The summed E-state index contributed by atoms with van der Waals surface area (Å²) < 4.78 is 5.69. The minimum atomic E-state index is -0.238. The zero-order chi connectivity index (χ0) is 23.2. The van der Waals surface area contributed by atoms with Gasteiger partial charge in [0.15, 0.2) is 5.78 Å². The number of amides is 2. The van der Waals surface area contributed by atoms with E-state index in [0.29, 0.717) is 35.6 Å². The molecule has 0 saturated heterocycles. The third-order valence-corrected chi connectivity index (χ3v) is 5.67. The largest absolute Gasteiger partial charge is 0.507 e. The van der Waals surface area contributed by atoms with E-state index in [1.54, 1.807) is 60.7 Å². The molecule has 0 radical (unpaired) electrons. The first-order chi connectivity index (χ1) is 16.1. The number of phenols is 1. The molecule has 0 saturated carbocycles. The van der Waals surface area contributed by atoms with Gasteiger partial charge in [-0.05, 0) is 37.1 Å². The van der Waals surface area contributed by atoms with Gasteiger partial charge >= 0.3 is 0 Å². The average molecular weight is 443 g/mol. The number of nitrogens with zero attached hydrogens (tertiary/aromatic N) is 1. The number of aromatic hydroxyl groups is 1. The molecule has 0 spiro atoms. The summed E-state index contributed by atoms with van der Waals surface area (Å²) in [6, 6.07) is 20.4. The van der Waals surface area contributed by atoms with Gasteiger partial charge in [0.2, 0.25) is 0 Å². The molecule has 3 aromatic rings. The van der Waals surface area contributed by atoms with Crippen LogP contribution in [0.5, 0.6) is 11.5 Å². The number of unbranched alkanes of at least 4 members (excludes halogenated alkanes) is 3. The van der Waals surface area contributed by atoms with Gasteiger partial charge in [0.1, 0.15) is 11.5 Å². The van der Waals surface area contributed by atoms with E-state index in [2.05, 4.69) is 0 Å². The van der Waals surface area contributed by atoms with Crippen LogP contribution in [0.1, 0.15) is 62.3 Å². The number of rotatable bonds is 10. The van der Waals surface area contributed by atoms with Crippen molar-refractivity contribution in [2.75, 3.05) is 13.2 Å². The third kappa shape index (κ3) is 4.95. The van der Waals surface area contributed by atoms with Crippen molar-refractivity contribution in [1.82, 2.24) is 4.90 Å². The lowest BCUT2D eigenvalue weighted by Crippen LogP contribution is -2.30. The molecule has 0 bridgehead atoms. The van der Waals surface area contributed by atoms with Crippen molar-refractivity contribution in [1.29, 1.82) is 0 Å². The van der Waals surface area contributed by atoms with Crippen LogP contribution in [0.3, 0.4) is 0 Å². The Bertz CT molecular complexity index is 1140. The Morgan fingerprint density at radius 2 is 1.42 bits per heavy atom. The van der Waals surface area contributed by atoms with Crippen LogP contribution >= 0.6 is 0 Å². The molecule has 6 heteroatoms. The molecule has 6 nitrogen and oxygen atoms in total. The van der Waals surface area contributed by atoms with E-state index in [9.17, 15) is 19.5 Å². The average Bonchev–Trinajstić information content (AvgIpc) is 3.08. The van der Waals surface area contributed by atoms with Gasteiger partial charge in [-0.1, -0.05) is 55.3 Å². The van der Waals surface area contributed by atoms with Crippen LogP contribution in [-0.2, 0) is 0 Å². The molecule has 0 aliphatic carbocycles. The van der Waals surface area contributed by atoms with Crippen molar-refractivity contribution in [3.05, 3.63) is 95.1 Å². The van der Waals surface area contributed by atoms with E-state index in [0.717, 1.165) is 25.7 Å². The molecule has 0 aromatic heterocycles. The van der Waals surface area contributed by atoms with Crippen LogP contribution in [-0.4, -0.2) is 40.8 Å². The SMILES string of the molecule is O=C(c1ccccc1)c1ccc(OCCCCCCN2C(=O)c3ccccc3C2=O)cc1O. The Balaban J connectivity index is 1.17. The van der Waals surface area contributed by atoms with Gasteiger partial charge in [-0.3, -0.25) is 19.3 Å². The fourth-order valence-electron chi connectivity index (χ4n) is 3.90. The van der Waals surface area contributed by atoms with E-state index in [-0.39, 0.29) is 28.9 Å². The quantitative estimate of drug-likeness (QED) is 0.275. The fraction of sp³-hybridized carbons (Fsp3) is 0.222. The molecule has 33 heavy (non-hydrogen) atoms. The minimum Gasteiger partial charge on any atom is -0.507 e. The second kappa shape index (κ2) is 10.1. The number of hydrogen-bond donors (Lipinski definition) is 1. The van der Waals surface area contributed by atoms with Gasteiger partial charge in [-0.2, -0.15) is 0 Å². The van der Waals surface area contributed by atoms with Crippen LogP contribution in [0.15, 0.2) is 72.8 Å². The summed E-state index contributed by atoms with van der Waals surface area (Å²) >= 11 is 0. The highest BCUT2D eigenvalue weighted by molar-refractivity contribution is 6.21. The van der Waals surface area contributed by atoms with Gasteiger partial charge in [-0.15, -0.1) is 0 Å². The molecule has 168 valence electrons. The second-order valence-corrected chi connectivity index (χ2v) is 7.94. The molecule has 2 amide bonds. The lowest BCUT2D eigenvalue weighted by atomic mass is 10.0. The summed E-state index contributed by atoms with van der Waals surface area (Å²) in [6.45, 7) is 0.885. The minimum absolute atomic E-state index is 0.109. The second-order valence-electron chi connectivity index (χ2n) is 7.94. The molecule has 1 aliphatic heterocycles. The summed E-state index contributed by atoms with van der Waals surface area (Å²) in [5.74, 6) is -0.274. The summed E-state index contributed by atoms with van der Waals surface area (Å²) in [5.41, 5.74) is 1.72. The number of phenolic OH excluding ortho intramolecular Hbond substituents is 1. The first kappa shape index (κ1) is 22.3. The van der Waals surface area contributed by atoms with Gasteiger partial charge in [-0.25, -0.2) is 0 Å². The monoisotopic (exact) mass is 443 g/mol. The van der Waals surface area contributed by atoms with Crippen LogP contribution < -0.4 is 4.74 Å². The molecule has 0 fully saturated rings. The van der Waals surface area contributed by atoms with Gasteiger partial charge in [0, 0.05) is 18.2 Å². The van der Waals surface area contributed by atoms with Gasteiger partial charge in [0.05, 0.1) is 23.3 Å². The lowest BCUT2D eigenvalue weighted by Gasteiger charge is -2.13. The van der Waals surface area contributed by atoms with E-state index in [1.807, 2.05) is 6.07 Å². The molecular formula is C27H25NO5. The number of ether oxygens (including phenoxy) is 1. The molecule has 1 N–H and O–H groups in total. The Morgan fingerprint density at radius 3 is 2.09 bits per heavy atom. The number of imide groups is 1. The number of hydrogen-bond acceptors (Lipinski definition) is 5. The number of fused-ring (bicyclic) bond motifs is 1. The smallest absolute Gasteiger partial charge is 0.261 e. The lowest BCUT2D eigenvalue weighted by molar-refractivity contribution is 0.0651. The summed E-state index contributed by atoms with van der Waals surface area (Å²) in [5, 5.41) is 10.2. The maximum atomic E-state index is 12.5. The van der Waals surface area contributed by atoms with Crippen molar-refractivity contribution >= 4 is 17.6 Å². The Labute approximate surface area is 192 Å². The molecule has 1 heterocycles. The number of ketones is 1.